The monoisotopic (exact) mass is 404 g/mol. The van der Waals surface area contributed by atoms with Crippen molar-refractivity contribution < 1.29 is 18.4 Å². The van der Waals surface area contributed by atoms with E-state index in [0.29, 0.717) is 22.2 Å². The van der Waals surface area contributed by atoms with Gasteiger partial charge in [-0.05, 0) is 30.3 Å². The van der Waals surface area contributed by atoms with Crippen molar-refractivity contribution in [1.82, 2.24) is 20.8 Å². The van der Waals surface area contributed by atoms with E-state index >= 15 is 0 Å². The molecule has 4 aromatic rings. The highest BCUT2D eigenvalue weighted by Crippen LogP contribution is 2.13. The van der Waals surface area contributed by atoms with Crippen molar-refractivity contribution >= 4 is 28.7 Å². The molecule has 3 N–H and O–H groups in total. The molecule has 4 rings (SSSR count). The topological polar surface area (TPSA) is 130 Å². The second-order valence-corrected chi connectivity index (χ2v) is 6.23. The molecule has 0 fully saturated rings. The number of hydrogen-bond acceptors (Lipinski definition) is 6. The van der Waals surface area contributed by atoms with Crippen LogP contribution in [0.4, 0.5) is 0 Å². The van der Waals surface area contributed by atoms with Crippen LogP contribution >= 0.6 is 0 Å². The number of H-pyrrole nitrogens is 1. The first-order chi connectivity index (χ1) is 14.6. The lowest BCUT2D eigenvalue weighted by atomic mass is 10.1. The van der Waals surface area contributed by atoms with Crippen molar-refractivity contribution in [2.24, 2.45) is 0 Å². The lowest BCUT2D eigenvalue weighted by Gasteiger charge is -2.10. The van der Waals surface area contributed by atoms with Gasteiger partial charge in [0.25, 0.3) is 17.4 Å². The third kappa shape index (κ3) is 4.04. The Balaban J connectivity index is 1.56. The minimum absolute atomic E-state index is 0.0300. The van der Waals surface area contributed by atoms with E-state index in [2.05, 4.69) is 20.8 Å². The van der Waals surface area contributed by atoms with Gasteiger partial charge in [-0.2, -0.15) is 5.10 Å². The molecule has 9 heteroatoms. The number of fused-ring (bicyclic) bond motifs is 1. The fourth-order valence-corrected chi connectivity index (χ4v) is 2.83. The fraction of sp³-hybridized carbons (Fsp3) is 0.0476. The maximum absolute atomic E-state index is 12.8. The molecule has 0 saturated heterocycles. The molecule has 0 aliphatic heterocycles. The van der Waals surface area contributed by atoms with Gasteiger partial charge in [0.1, 0.15) is 11.5 Å². The summed E-state index contributed by atoms with van der Waals surface area (Å²) in [7, 11) is 0. The lowest BCUT2D eigenvalue weighted by molar-refractivity contribution is -0.117. The van der Waals surface area contributed by atoms with E-state index in [1.807, 2.05) is 0 Å². The van der Waals surface area contributed by atoms with Crippen LogP contribution in [0.5, 0.6) is 0 Å². The second kappa shape index (κ2) is 8.31. The minimum atomic E-state index is -0.583. The summed E-state index contributed by atoms with van der Waals surface area (Å²) in [6.45, 7) is 0.0300. The van der Waals surface area contributed by atoms with Gasteiger partial charge < -0.3 is 19.5 Å². The lowest BCUT2D eigenvalue weighted by Crippen LogP contribution is -2.34. The normalized spacial score (nSPS) is 11.4. The molecule has 150 valence electrons. The number of hydrogen-bond donors (Lipinski definition) is 3. The van der Waals surface area contributed by atoms with E-state index in [-0.39, 0.29) is 23.6 Å². The Hall–Kier alpha value is -4.40. The summed E-state index contributed by atoms with van der Waals surface area (Å²) in [5.74, 6) is -0.710. The Bertz CT molecular complexity index is 1270. The Morgan fingerprint density at radius 2 is 1.77 bits per heavy atom. The van der Waals surface area contributed by atoms with Gasteiger partial charge in [-0.25, -0.2) is 5.10 Å². The molecule has 3 aromatic heterocycles. The van der Waals surface area contributed by atoms with Gasteiger partial charge in [0.2, 0.25) is 0 Å². The number of aromatic amines is 1. The number of amides is 2. The molecule has 0 atom stereocenters. The molecular formula is C21H16N4O5. The summed E-state index contributed by atoms with van der Waals surface area (Å²) >= 11 is 0. The predicted octanol–water partition coefficient (Wildman–Crippen LogP) is 2.20. The highest BCUT2D eigenvalue weighted by molar-refractivity contribution is 6.04. The maximum Gasteiger partial charge on any atom is 0.291 e. The van der Waals surface area contributed by atoms with Crippen molar-refractivity contribution in [3.05, 3.63) is 94.3 Å². The number of carbonyl (C=O) groups excluding carboxylic acids is 2. The fourth-order valence-electron chi connectivity index (χ4n) is 2.83. The van der Waals surface area contributed by atoms with E-state index in [4.69, 9.17) is 8.83 Å². The number of benzene rings is 1. The molecular weight excluding hydrogens is 388 g/mol. The van der Waals surface area contributed by atoms with Crippen LogP contribution in [0.1, 0.15) is 22.0 Å². The summed E-state index contributed by atoms with van der Waals surface area (Å²) in [5, 5.41) is 12.7. The quantitative estimate of drug-likeness (QED) is 0.422. The molecule has 0 spiro atoms. The van der Waals surface area contributed by atoms with Crippen LogP contribution in [0.25, 0.3) is 16.8 Å². The average molecular weight is 404 g/mol. The molecule has 9 nitrogen and oxygen atoms in total. The summed E-state index contributed by atoms with van der Waals surface area (Å²) in [4.78, 5) is 37.0. The van der Waals surface area contributed by atoms with Crippen LogP contribution in [0.15, 0.2) is 80.4 Å². The molecule has 30 heavy (non-hydrogen) atoms. The zero-order valence-electron chi connectivity index (χ0n) is 15.5. The van der Waals surface area contributed by atoms with Crippen molar-refractivity contribution in [3.63, 3.8) is 0 Å². The molecule has 0 unspecified atom stereocenters. The highest BCUT2D eigenvalue weighted by atomic mass is 16.3. The van der Waals surface area contributed by atoms with Crippen LogP contribution in [0.3, 0.4) is 0 Å². The average Bonchev–Trinajstić information content (AvgIpc) is 3.47. The molecule has 0 aliphatic carbocycles. The largest absolute Gasteiger partial charge is 0.465 e. The summed E-state index contributed by atoms with van der Waals surface area (Å²) in [6, 6.07) is 13.3. The predicted molar refractivity (Wildman–Crippen MR) is 107 cm³/mol. The molecule has 1 aromatic carbocycles. The molecule has 3 heterocycles. The van der Waals surface area contributed by atoms with Gasteiger partial charge in [-0.1, -0.05) is 18.2 Å². The number of carbonyl (C=O) groups is 2. The van der Waals surface area contributed by atoms with Crippen molar-refractivity contribution in [2.45, 2.75) is 6.54 Å². The zero-order chi connectivity index (χ0) is 20.9. The molecule has 0 saturated carbocycles. The first-order valence-electron chi connectivity index (χ1n) is 8.96. The van der Waals surface area contributed by atoms with E-state index in [0.717, 1.165) is 0 Å². The Labute approximate surface area is 169 Å². The number of furan rings is 2. The van der Waals surface area contributed by atoms with Crippen molar-refractivity contribution in [3.8, 4) is 0 Å². The van der Waals surface area contributed by atoms with Gasteiger partial charge >= 0.3 is 0 Å². The number of nitrogens with zero attached hydrogens (tertiary/aromatic N) is 1. The van der Waals surface area contributed by atoms with E-state index in [1.165, 1.54) is 24.7 Å². The van der Waals surface area contributed by atoms with Crippen LogP contribution in [0, 0.1) is 0 Å². The summed E-state index contributed by atoms with van der Waals surface area (Å²) < 4.78 is 10.3. The van der Waals surface area contributed by atoms with Gasteiger partial charge in [-0.3, -0.25) is 14.4 Å². The first kappa shape index (κ1) is 18.9. The summed E-state index contributed by atoms with van der Waals surface area (Å²) in [5.41, 5.74) is 0.123. The Morgan fingerprint density at radius 1 is 1.00 bits per heavy atom. The van der Waals surface area contributed by atoms with Crippen LogP contribution < -0.4 is 16.2 Å². The number of aromatic nitrogens is 2. The highest BCUT2D eigenvalue weighted by Gasteiger charge is 2.17. The van der Waals surface area contributed by atoms with E-state index in [9.17, 15) is 14.4 Å². The smallest absolute Gasteiger partial charge is 0.291 e. The van der Waals surface area contributed by atoms with E-state index in [1.54, 1.807) is 42.5 Å². The Morgan fingerprint density at radius 3 is 2.50 bits per heavy atom. The van der Waals surface area contributed by atoms with Gasteiger partial charge in [0, 0.05) is 11.5 Å². The van der Waals surface area contributed by atoms with Crippen LogP contribution in [0.2, 0.25) is 0 Å². The zero-order valence-corrected chi connectivity index (χ0v) is 15.5. The van der Waals surface area contributed by atoms with Crippen molar-refractivity contribution in [1.29, 1.82) is 0 Å². The van der Waals surface area contributed by atoms with Crippen LogP contribution in [-0.2, 0) is 11.3 Å². The van der Waals surface area contributed by atoms with Crippen LogP contribution in [-0.4, -0.2) is 22.0 Å². The molecule has 0 bridgehead atoms. The second-order valence-electron chi connectivity index (χ2n) is 6.23. The maximum atomic E-state index is 12.8. The molecule has 0 aliphatic rings. The third-order valence-electron chi connectivity index (χ3n) is 4.26. The first-order valence-corrected chi connectivity index (χ1v) is 8.96. The summed E-state index contributed by atoms with van der Waals surface area (Å²) in [6.07, 6.45) is 4.21. The standard InChI is InChI=1S/C21H16N4O5/c26-19-15-7-2-1-6-14(15)17(24-25-19)12-22-20(27)16(11-13-5-3-9-29-13)23-21(28)18-8-4-10-30-18/h1-11H,12H2,(H,22,27)(H,23,28)(H,25,26). The molecule has 0 radical (unpaired) electrons. The van der Waals surface area contributed by atoms with Gasteiger partial charge in [-0.15, -0.1) is 0 Å². The SMILES string of the molecule is O=C(NCc1n[nH]c(=O)c2ccccc12)C(=Cc1ccco1)NC(=O)c1ccco1. The van der Waals surface area contributed by atoms with Gasteiger partial charge in [0.15, 0.2) is 5.76 Å². The van der Waals surface area contributed by atoms with E-state index < -0.39 is 11.8 Å². The van der Waals surface area contributed by atoms with Crippen molar-refractivity contribution in [2.75, 3.05) is 0 Å². The third-order valence-corrected chi connectivity index (χ3v) is 4.26. The Kier molecular flexibility index (Phi) is 5.25. The molecule has 2 amide bonds. The minimum Gasteiger partial charge on any atom is -0.465 e. The van der Waals surface area contributed by atoms with Gasteiger partial charge in [0.05, 0.1) is 30.2 Å². The number of rotatable bonds is 6. The number of nitrogens with one attached hydrogen (secondary N) is 3.